The van der Waals surface area contributed by atoms with Gasteiger partial charge in [0.25, 0.3) is 10.1 Å². The zero-order chi connectivity index (χ0) is 9.03. The van der Waals surface area contributed by atoms with Crippen LogP contribution in [0.5, 0.6) is 0 Å². The molecule has 0 heterocycles. The topological polar surface area (TPSA) is 54.4 Å². The lowest BCUT2D eigenvalue weighted by Gasteiger charge is -1.89. The van der Waals surface area contributed by atoms with Gasteiger partial charge in [-0.1, -0.05) is 30.3 Å². The molecule has 3 nitrogen and oxygen atoms in total. The fraction of sp³-hybridized carbons (Fsp3) is 0. The van der Waals surface area contributed by atoms with Crippen LogP contribution in [0.15, 0.2) is 35.7 Å². The molecule has 0 spiro atoms. The molecule has 1 aromatic carbocycles. The Hall–Kier alpha value is -0.840. The summed E-state index contributed by atoms with van der Waals surface area (Å²) in [6, 6.07) is 8.86. The van der Waals surface area contributed by atoms with Crippen LogP contribution in [-0.2, 0) is 10.1 Å². The maximum absolute atomic E-state index is 10.3. The van der Waals surface area contributed by atoms with E-state index in [0.717, 1.165) is 11.0 Å². The average molecular weight is 221 g/mol. The number of halogens is 1. The highest BCUT2D eigenvalue weighted by Crippen LogP contribution is 2.01. The Morgan fingerprint density at radius 2 is 1.69 bits per heavy atom. The van der Waals surface area contributed by atoms with Crippen LogP contribution < -0.4 is 0 Å². The Labute approximate surface area is 83.3 Å². The molecule has 0 aromatic heterocycles. The van der Waals surface area contributed by atoms with E-state index in [1.807, 2.05) is 6.07 Å². The van der Waals surface area contributed by atoms with E-state index in [9.17, 15) is 8.42 Å². The predicted octanol–water partition coefficient (Wildman–Crippen LogP) is 1.97. The van der Waals surface area contributed by atoms with E-state index in [1.165, 1.54) is 6.08 Å². The average Bonchev–Trinajstić information content (AvgIpc) is 2.02. The standard InChI is InChI=1S/C8H8O3S.ClH/c9-12(10,11)7-6-8-4-2-1-3-5-8;/h1-7H,(H,9,10,11);1H. The Morgan fingerprint density at radius 1 is 1.15 bits per heavy atom. The molecule has 0 bridgehead atoms. The third-order valence-corrected chi connectivity index (χ3v) is 1.71. The molecular formula is C8H9ClO3S. The van der Waals surface area contributed by atoms with E-state index in [4.69, 9.17) is 4.55 Å². The molecule has 0 amide bonds. The molecule has 0 radical (unpaired) electrons. The minimum atomic E-state index is -4.00. The minimum Gasteiger partial charge on any atom is -0.282 e. The summed E-state index contributed by atoms with van der Waals surface area (Å²) in [5, 5.41) is 0.752. The monoisotopic (exact) mass is 220 g/mol. The predicted molar refractivity (Wildman–Crippen MR) is 54.3 cm³/mol. The van der Waals surface area contributed by atoms with Crippen LogP contribution in [-0.4, -0.2) is 13.0 Å². The summed E-state index contributed by atoms with van der Waals surface area (Å²) in [7, 11) is -4.00. The lowest BCUT2D eigenvalue weighted by molar-refractivity contribution is 0.494. The fourth-order valence-electron chi connectivity index (χ4n) is 0.729. The van der Waals surface area contributed by atoms with Gasteiger partial charge in [0, 0.05) is 0 Å². The van der Waals surface area contributed by atoms with Gasteiger partial charge in [0.05, 0.1) is 5.41 Å². The Bertz CT molecular complexity index is 370. The summed E-state index contributed by atoms with van der Waals surface area (Å²) >= 11 is 0. The Balaban J connectivity index is 0.00000144. The second kappa shape index (κ2) is 5.01. The van der Waals surface area contributed by atoms with Crippen molar-refractivity contribution in [1.82, 2.24) is 0 Å². The van der Waals surface area contributed by atoms with Gasteiger partial charge in [-0.15, -0.1) is 12.4 Å². The van der Waals surface area contributed by atoms with E-state index in [1.54, 1.807) is 24.3 Å². The highest BCUT2D eigenvalue weighted by atomic mass is 35.5. The van der Waals surface area contributed by atoms with Crippen LogP contribution in [0.4, 0.5) is 0 Å². The smallest absolute Gasteiger partial charge is 0.282 e. The van der Waals surface area contributed by atoms with Gasteiger partial charge in [-0.2, -0.15) is 8.42 Å². The van der Waals surface area contributed by atoms with E-state index < -0.39 is 10.1 Å². The highest BCUT2D eigenvalue weighted by Gasteiger charge is 1.94. The van der Waals surface area contributed by atoms with Crippen molar-refractivity contribution in [2.75, 3.05) is 0 Å². The van der Waals surface area contributed by atoms with Crippen LogP contribution in [0.25, 0.3) is 6.08 Å². The summed E-state index contributed by atoms with van der Waals surface area (Å²) in [4.78, 5) is 0. The van der Waals surface area contributed by atoms with Crippen LogP contribution in [0, 0.1) is 0 Å². The first-order valence-corrected chi connectivity index (χ1v) is 4.79. The van der Waals surface area contributed by atoms with E-state index in [2.05, 4.69) is 0 Å². The van der Waals surface area contributed by atoms with Crippen LogP contribution in [0.1, 0.15) is 5.56 Å². The third-order valence-electron chi connectivity index (χ3n) is 1.23. The molecule has 0 atom stereocenters. The molecule has 72 valence electrons. The van der Waals surface area contributed by atoms with Crippen molar-refractivity contribution in [2.45, 2.75) is 0 Å². The lowest BCUT2D eigenvalue weighted by Crippen LogP contribution is -1.88. The highest BCUT2D eigenvalue weighted by molar-refractivity contribution is 7.88. The SMILES string of the molecule is Cl.O=S(=O)(O)C=Cc1ccccc1. The fourth-order valence-corrected chi connectivity index (χ4v) is 1.06. The largest absolute Gasteiger partial charge is 0.287 e. The summed E-state index contributed by atoms with van der Waals surface area (Å²) < 4.78 is 28.9. The van der Waals surface area contributed by atoms with Crippen LogP contribution in [0.3, 0.4) is 0 Å². The van der Waals surface area contributed by atoms with Crippen molar-refractivity contribution in [3.8, 4) is 0 Å². The summed E-state index contributed by atoms with van der Waals surface area (Å²) in [6.45, 7) is 0. The van der Waals surface area contributed by atoms with Gasteiger partial charge in [0.2, 0.25) is 0 Å². The second-order valence-corrected chi connectivity index (χ2v) is 3.53. The van der Waals surface area contributed by atoms with E-state index >= 15 is 0 Å². The normalized spacial score (nSPS) is 11.2. The lowest BCUT2D eigenvalue weighted by atomic mass is 10.2. The number of hydrogen-bond acceptors (Lipinski definition) is 2. The molecule has 0 saturated carbocycles. The second-order valence-electron chi connectivity index (χ2n) is 2.23. The quantitative estimate of drug-likeness (QED) is 0.776. The van der Waals surface area contributed by atoms with Gasteiger partial charge < -0.3 is 0 Å². The number of rotatable bonds is 2. The molecular weight excluding hydrogens is 212 g/mol. The van der Waals surface area contributed by atoms with E-state index in [0.29, 0.717) is 0 Å². The molecule has 13 heavy (non-hydrogen) atoms. The molecule has 0 aliphatic rings. The van der Waals surface area contributed by atoms with Gasteiger partial charge in [-0.25, -0.2) is 0 Å². The maximum atomic E-state index is 10.3. The van der Waals surface area contributed by atoms with Crippen molar-refractivity contribution < 1.29 is 13.0 Å². The number of benzene rings is 1. The number of hydrogen-bond donors (Lipinski definition) is 1. The molecule has 1 N–H and O–H groups in total. The molecule has 0 aliphatic carbocycles. The summed E-state index contributed by atoms with van der Waals surface area (Å²) in [6.07, 6.45) is 1.33. The van der Waals surface area contributed by atoms with Gasteiger partial charge in [-0.05, 0) is 11.6 Å². The first-order chi connectivity index (χ1) is 5.58. The third kappa shape index (κ3) is 5.41. The van der Waals surface area contributed by atoms with Crippen molar-refractivity contribution in [1.29, 1.82) is 0 Å². The van der Waals surface area contributed by atoms with Crippen molar-refractivity contribution >= 4 is 28.6 Å². The molecule has 0 aliphatic heterocycles. The van der Waals surface area contributed by atoms with Gasteiger partial charge >= 0.3 is 0 Å². The molecule has 1 rings (SSSR count). The molecule has 0 unspecified atom stereocenters. The minimum absolute atomic E-state index is 0. The maximum Gasteiger partial charge on any atom is 0.287 e. The van der Waals surface area contributed by atoms with Gasteiger partial charge in [0.15, 0.2) is 0 Å². The van der Waals surface area contributed by atoms with Gasteiger partial charge in [-0.3, -0.25) is 4.55 Å². The van der Waals surface area contributed by atoms with Crippen molar-refractivity contribution in [2.24, 2.45) is 0 Å². The first-order valence-electron chi connectivity index (χ1n) is 3.28. The first kappa shape index (κ1) is 12.2. The van der Waals surface area contributed by atoms with Crippen molar-refractivity contribution in [3.63, 3.8) is 0 Å². The van der Waals surface area contributed by atoms with Crippen LogP contribution >= 0.6 is 12.4 Å². The molecule has 0 saturated heterocycles. The molecule has 0 fully saturated rings. The zero-order valence-electron chi connectivity index (χ0n) is 6.62. The molecule has 1 aromatic rings. The van der Waals surface area contributed by atoms with Crippen molar-refractivity contribution in [3.05, 3.63) is 41.3 Å². The molecule has 5 heteroatoms. The zero-order valence-corrected chi connectivity index (χ0v) is 8.25. The van der Waals surface area contributed by atoms with Gasteiger partial charge in [0.1, 0.15) is 0 Å². The summed E-state index contributed by atoms with van der Waals surface area (Å²) in [5.74, 6) is 0. The van der Waals surface area contributed by atoms with E-state index in [-0.39, 0.29) is 12.4 Å². The van der Waals surface area contributed by atoms with Crippen LogP contribution in [0.2, 0.25) is 0 Å². The summed E-state index contributed by atoms with van der Waals surface area (Å²) in [5.41, 5.74) is 0.732. The Kier molecular flexibility index (Phi) is 4.69. The Morgan fingerprint density at radius 3 is 2.15 bits per heavy atom.